The fourth-order valence-electron chi connectivity index (χ4n) is 3.27. The van der Waals surface area contributed by atoms with Gasteiger partial charge in [0.1, 0.15) is 5.54 Å². The quantitative estimate of drug-likeness (QED) is 0.702. The van der Waals surface area contributed by atoms with Gasteiger partial charge in [-0.3, -0.25) is 4.79 Å². The highest BCUT2D eigenvalue weighted by molar-refractivity contribution is 5.85. The molecule has 4 heteroatoms. The largest absolute Gasteiger partial charge is 0.368 e. The maximum Gasteiger partial charge on any atom is 0.238 e. The van der Waals surface area contributed by atoms with Crippen LogP contribution in [0.4, 0.5) is 0 Å². The molecule has 1 aliphatic carbocycles. The van der Waals surface area contributed by atoms with E-state index in [1.54, 1.807) is 0 Å². The minimum Gasteiger partial charge on any atom is -0.368 e. The summed E-state index contributed by atoms with van der Waals surface area (Å²) in [5, 5.41) is 3.52. The zero-order valence-corrected chi connectivity index (χ0v) is 9.74. The van der Waals surface area contributed by atoms with Gasteiger partial charge in [-0.1, -0.05) is 0 Å². The number of carbonyl (C=O) groups is 1. The van der Waals surface area contributed by atoms with Gasteiger partial charge in [0.25, 0.3) is 0 Å². The van der Waals surface area contributed by atoms with E-state index < -0.39 is 5.54 Å². The molecule has 2 saturated heterocycles. The lowest BCUT2D eigenvalue weighted by molar-refractivity contribution is -0.128. The summed E-state index contributed by atoms with van der Waals surface area (Å²) in [6.07, 6.45) is 4.66. The van der Waals surface area contributed by atoms with E-state index in [1.807, 2.05) is 0 Å². The number of nitrogens with zero attached hydrogens (tertiary/aromatic N) is 1. The number of rotatable bonds is 4. The van der Waals surface area contributed by atoms with Crippen molar-refractivity contribution in [2.24, 2.45) is 17.6 Å². The average Bonchev–Trinajstić information content (AvgIpc) is 3.01. The van der Waals surface area contributed by atoms with Crippen LogP contribution in [0.25, 0.3) is 0 Å². The van der Waals surface area contributed by atoms with Crippen LogP contribution in [-0.2, 0) is 4.79 Å². The molecule has 0 radical (unpaired) electrons. The second-order valence-corrected chi connectivity index (χ2v) is 5.70. The molecule has 4 nitrogen and oxygen atoms in total. The Morgan fingerprint density at radius 3 is 2.88 bits per heavy atom. The smallest absolute Gasteiger partial charge is 0.238 e. The van der Waals surface area contributed by atoms with Crippen molar-refractivity contribution < 1.29 is 4.79 Å². The van der Waals surface area contributed by atoms with Crippen LogP contribution >= 0.6 is 0 Å². The number of primary amides is 1. The topological polar surface area (TPSA) is 58.4 Å². The summed E-state index contributed by atoms with van der Waals surface area (Å²) in [6.45, 7) is 4.21. The molecule has 1 amide bonds. The summed E-state index contributed by atoms with van der Waals surface area (Å²) in [5.74, 6) is 1.12. The zero-order valence-electron chi connectivity index (χ0n) is 9.74. The number of carbonyl (C=O) groups excluding carboxylic acids is 1. The van der Waals surface area contributed by atoms with Gasteiger partial charge in [-0.25, -0.2) is 0 Å². The van der Waals surface area contributed by atoms with Crippen molar-refractivity contribution in [2.45, 2.75) is 31.2 Å². The Hall–Kier alpha value is -0.610. The first kappa shape index (κ1) is 10.5. The van der Waals surface area contributed by atoms with Crippen LogP contribution in [0.1, 0.15) is 25.7 Å². The van der Waals surface area contributed by atoms with Crippen molar-refractivity contribution >= 4 is 5.91 Å². The van der Waals surface area contributed by atoms with E-state index in [2.05, 4.69) is 10.2 Å². The fraction of sp³-hybridized carbons (Fsp3) is 0.917. The van der Waals surface area contributed by atoms with Crippen molar-refractivity contribution in [3.05, 3.63) is 0 Å². The zero-order chi connectivity index (χ0) is 11.2. The van der Waals surface area contributed by atoms with E-state index in [0.29, 0.717) is 5.92 Å². The van der Waals surface area contributed by atoms with E-state index in [0.717, 1.165) is 44.9 Å². The maximum absolute atomic E-state index is 11.8. The Balaban J connectivity index is 1.74. The molecule has 0 aromatic heterocycles. The molecule has 3 rings (SSSR count). The second kappa shape index (κ2) is 3.70. The van der Waals surface area contributed by atoms with Gasteiger partial charge in [-0.2, -0.15) is 0 Å². The minimum atomic E-state index is -0.393. The van der Waals surface area contributed by atoms with Crippen LogP contribution in [0, 0.1) is 11.8 Å². The number of nitrogens with one attached hydrogen (secondary N) is 1. The highest BCUT2D eigenvalue weighted by atomic mass is 16.1. The van der Waals surface area contributed by atoms with E-state index in [-0.39, 0.29) is 5.91 Å². The summed E-state index contributed by atoms with van der Waals surface area (Å²) in [4.78, 5) is 14.3. The number of piperidine rings is 1. The van der Waals surface area contributed by atoms with Crippen LogP contribution in [0.5, 0.6) is 0 Å². The van der Waals surface area contributed by atoms with Gasteiger partial charge in [0.15, 0.2) is 0 Å². The molecule has 0 spiro atoms. The predicted molar refractivity (Wildman–Crippen MR) is 61.8 cm³/mol. The second-order valence-electron chi connectivity index (χ2n) is 5.70. The first-order chi connectivity index (χ1) is 7.71. The van der Waals surface area contributed by atoms with Crippen LogP contribution in [-0.4, -0.2) is 42.5 Å². The first-order valence-corrected chi connectivity index (χ1v) is 6.48. The Labute approximate surface area is 96.5 Å². The summed E-state index contributed by atoms with van der Waals surface area (Å²) >= 11 is 0. The Morgan fingerprint density at radius 1 is 1.38 bits per heavy atom. The van der Waals surface area contributed by atoms with Gasteiger partial charge in [0, 0.05) is 19.0 Å². The van der Waals surface area contributed by atoms with Gasteiger partial charge in [0.2, 0.25) is 5.91 Å². The molecule has 2 heterocycles. The number of hydrogen-bond acceptors (Lipinski definition) is 3. The van der Waals surface area contributed by atoms with Crippen LogP contribution in [0.15, 0.2) is 0 Å². The van der Waals surface area contributed by atoms with Gasteiger partial charge < -0.3 is 16.0 Å². The normalized spacial score (nSPS) is 42.2. The van der Waals surface area contributed by atoms with Crippen molar-refractivity contribution in [2.75, 3.05) is 26.2 Å². The lowest BCUT2D eigenvalue weighted by Crippen LogP contribution is -2.64. The highest BCUT2D eigenvalue weighted by Gasteiger charge is 2.50. The average molecular weight is 223 g/mol. The Kier molecular flexibility index (Phi) is 2.44. The third-order valence-electron chi connectivity index (χ3n) is 4.63. The van der Waals surface area contributed by atoms with Crippen molar-refractivity contribution in [3.8, 4) is 0 Å². The lowest BCUT2D eigenvalue weighted by Gasteiger charge is -2.41. The third-order valence-corrected chi connectivity index (χ3v) is 4.63. The van der Waals surface area contributed by atoms with Gasteiger partial charge in [-0.15, -0.1) is 0 Å². The summed E-state index contributed by atoms with van der Waals surface area (Å²) < 4.78 is 0. The van der Waals surface area contributed by atoms with Crippen LogP contribution in [0.2, 0.25) is 0 Å². The summed E-state index contributed by atoms with van der Waals surface area (Å²) in [7, 11) is 0. The molecule has 1 saturated carbocycles. The number of fused-ring (bicyclic) bond motifs is 2. The maximum atomic E-state index is 11.8. The fourth-order valence-corrected chi connectivity index (χ4v) is 3.27. The van der Waals surface area contributed by atoms with Crippen molar-refractivity contribution in [1.82, 2.24) is 10.2 Å². The molecular weight excluding hydrogens is 202 g/mol. The standard InChI is InChI=1S/C12H21N3O/c13-11(16)12(14-7-9-1-2-9)4-6-15-5-3-10(12)8-15/h9-10,14H,1-8H2,(H2,13,16). The number of hydrogen-bond donors (Lipinski definition) is 2. The molecule has 2 aliphatic heterocycles. The molecule has 3 unspecified atom stereocenters. The molecule has 0 aromatic carbocycles. The van der Waals surface area contributed by atoms with E-state index in [1.165, 1.54) is 12.8 Å². The van der Waals surface area contributed by atoms with Gasteiger partial charge in [0.05, 0.1) is 0 Å². The predicted octanol–water partition coefficient (Wildman–Crippen LogP) is -0.0643. The van der Waals surface area contributed by atoms with Gasteiger partial charge >= 0.3 is 0 Å². The Morgan fingerprint density at radius 2 is 2.19 bits per heavy atom. The van der Waals surface area contributed by atoms with Crippen molar-refractivity contribution in [3.63, 3.8) is 0 Å². The monoisotopic (exact) mass is 223 g/mol. The molecule has 3 N–H and O–H groups in total. The first-order valence-electron chi connectivity index (χ1n) is 6.48. The molecule has 0 aromatic rings. The molecule has 90 valence electrons. The molecule has 3 atom stereocenters. The summed E-state index contributed by atoms with van der Waals surface area (Å²) in [5.41, 5.74) is 5.28. The third kappa shape index (κ3) is 1.64. The molecular formula is C12H21N3O. The van der Waals surface area contributed by atoms with E-state index in [9.17, 15) is 4.79 Å². The molecule has 3 aliphatic rings. The summed E-state index contributed by atoms with van der Waals surface area (Å²) in [6, 6.07) is 0. The van der Waals surface area contributed by atoms with E-state index in [4.69, 9.17) is 5.73 Å². The molecule has 3 fully saturated rings. The SMILES string of the molecule is NC(=O)C1(NCC2CC2)CCN2CCC1C2. The molecule has 2 bridgehead atoms. The van der Waals surface area contributed by atoms with Crippen LogP contribution < -0.4 is 11.1 Å². The van der Waals surface area contributed by atoms with E-state index >= 15 is 0 Å². The number of nitrogens with two attached hydrogens (primary N) is 1. The minimum absolute atomic E-state index is 0.125. The lowest BCUT2D eigenvalue weighted by atomic mass is 9.78. The number of amides is 1. The Bertz CT molecular complexity index is 303. The highest BCUT2D eigenvalue weighted by Crippen LogP contribution is 2.37. The molecule has 16 heavy (non-hydrogen) atoms. The van der Waals surface area contributed by atoms with Crippen LogP contribution in [0.3, 0.4) is 0 Å². The van der Waals surface area contributed by atoms with Crippen molar-refractivity contribution in [1.29, 1.82) is 0 Å². The van der Waals surface area contributed by atoms with Gasteiger partial charge in [-0.05, 0) is 44.7 Å².